The van der Waals surface area contributed by atoms with Gasteiger partial charge in [-0.2, -0.15) is 0 Å². The van der Waals surface area contributed by atoms with Crippen LogP contribution in [-0.2, 0) is 6.61 Å². The van der Waals surface area contributed by atoms with Crippen LogP contribution in [0.1, 0.15) is 39.6 Å². The van der Waals surface area contributed by atoms with Gasteiger partial charge in [0.05, 0.1) is 11.5 Å². The maximum atomic E-state index is 12.0. The van der Waals surface area contributed by atoms with Crippen molar-refractivity contribution in [1.82, 2.24) is 4.90 Å². The number of carbonyl (C=O) groups is 1. The second-order valence-corrected chi connectivity index (χ2v) is 7.91. The number of hydrogen-bond acceptors (Lipinski definition) is 4. The number of rotatable bonds is 4. The van der Waals surface area contributed by atoms with E-state index < -0.39 is 0 Å². The molecule has 0 radical (unpaired) electrons. The quantitative estimate of drug-likeness (QED) is 0.898. The Hall–Kier alpha value is -1.69. The van der Waals surface area contributed by atoms with Crippen LogP contribution in [0.5, 0.6) is 0 Å². The average molecular weight is 342 g/mol. The first kappa shape index (κ1) is 15.8. The van der Waals surface area contributed by atoms with Gasteiger partial charge in [-0.3, -0.25) is 4.79 Å². The molecule has 0 spiro atoms. The van der Waals surface area contributed by atoms with Crippen LogP contribution in [0, 0.1) is 5.92 Å². The lowest BCUT2D eigenvalue weighted by molar-refractivity contribution is 0.0859. The molecule has 0 aliphatic carbocycles. The van der Waals surface area contributed by atoms with Gasteiger partial charge in [0.1, 0.15) is 0 Å². The number of thiophene rings is 1. The summed E-state index contributed by atoms with van der Waals surface area (Å²) in [7, 11) is 0. The van der Waals surface area contributed by atoms with E-state index in [1.165, 1.54) is 37.3 Å². The minimum absolute atomic E-state index is 0.0222. The maximum Gasteiger partial charge on any atom is 0.259 e. The van der Waals surface area contributed by atoms with Gasteiger partial charge in [-0.25, -0.2) is 0 Å². The molecule has 2 bridgehead atoms. The molecule has 2 aromatic rings. The van der Waals surface area contributed by atoms with Crippen LogP contribution in [0.15, 0.2) is 30.3 Å². The molecule has 1 unspecified atom stereocenters. The Morgan fingerprint density at radius 2 is 2.08 bits per heavy atom. The van der Waals surface area contributed by atoms with Gasteiger partial charge in [0.25, 0.3) is 5.91 Å². The highest BCUT2D eigenvalue weighted by Crippen LogP contribution is 2.44. The summed E-state index contributed by atoms with van der Waals surface area (Å²) in [5.41, 5.74) is 8.74. The normalized spacial score (nSPS) is 25.8. The average Bonchev–Trinajstić information content (AvgIpc) is 3.08. The molecule has 1 aromatic carbocycles. The van der Waals surface area contributed by atoms with Gasteiger partial charge >= 0.3 is 0 Å². The minimum atomic E-state index is -0.323. The van der Waals surface area contributed by atoms with E-state index in [9.17, 15) is 9.90 Å². The SMILES string of the molecule is NC(=O)c1sc(-c2cccc(CO)c2)cc1C1CN2CCC1CC2. The molecule has 1 aromatic heterocycles. The second kappa shape index (κ2) is 6.31. The van der Waals surface area contributed by atoms with E-state index in [1.54, 1.807) is 0 Å². The molecule has 3 aliphatic rings. The van der Waals surface area contributed by atoms with Crippen molar-refractivity contribution in [2.75, 3.05) is 19.6 Å². The standard InChI is InChI=1S/C19H22N2O2S/c20-19(23)18-15(16-10-21-6-4-13(16)5-7-21)9-17(24-18)14-3-1-2-12(8-14)11-22/h1-3,8-9,13,16,22H,4-7,10-11H2,(H2,20,23). The summed E-state index contributed by atoms with van der Waals surface area (Å²) >= 11 is 1.49. The Labute approximate surface area is 145 Å². The first-order valence-corrected chi connectivity index (χ1v) is 9.33. The Morgan fingerprint density at radius 1 is 1.29 bits per heavy atom. The molecule has 1 atom stereocenters. The van der Waals surface area contributed by atoms with Crippen molar-refractivity contribution in [2.24, 2.45) is 11.7 Å². The predicted molar refractivity (Wildman–Crippen MR) is 96.1 cm³/mol. The van der Waals surface area contributed by atoms with Crippen LogP contribution in [0.2, 0.25) is 0 Å². The molecule has 4 heterocycles. The summed E-state index contributed by atoms with van der Waals surface area (Å²) in [4.78, 5) is 16.3. The summed E-state index contributed by atoms with van der Waals surface area (Å²) in [6.07, 6.45) is 2.43. The van der Waals surface area contributed by atoms with Gasteiger partial charge in [-0.15, -0.1) is 11.3 Å². The summed E-state index contributed by atoms with van der Waals surface area (Å²) in [5.74, 6) is 0.761. The number of nitrogens with zero attached hydrogens (tertiary/aromatic N) is 1. The fourth-order valence-corrected chi connectivity index (χ4v) is 5.24. The van der Waals surface area contributed by atoms with Gasteiger partial charge < -0.3 is 15.7 Å². The van der Waals surface area contributed by atoms with Gasteiger partial charge in [0, 0.05) is 17.3 Å². The lowest BCUT2D eigenvalue weighted by Gasteiger charge is -2.45. The molecule has 4 nitrogen and oxygen atoms in total. The monoisotopic (exact) mass is 342 g/mol. The van der Waals surface area contributed by atoms with E-state index >= 15 is 0 Å². The number of amides is 1. The molecular weight excluding hydrogens is 320 g/mol. The summed E-state index contributed by atoms with van der Waals surface area (Å²) in [6, 6.07) is 10.0. The minimum Gasteiger partial charge on any atom is -0.392 e. The van der Waals surface area contributed by atoms with E-state index in [0.717, 1.165) is 28.1 Å². The van der Waals surface area contributed by atoms with Crippen molar-refractivity contribution in [3.8, 4) is 10.4 Å². The Bertz CT molecular complexity index is 762. The van der Waals surface area contributed by atoms with E-state index in [2.05, 4.69) is 11.0 Å². The highest BCUT2D eigenvalue weighted by atomic mass is 32.1. The van der Waals surface area contributed by atoms with Gasteiger partial charge in [0.15, 0.2) is 0 Å². The van der Waals surface area contributed by atoms with Crippen LogP contribution in [0.25, 0.3) is 10.4 Å². The van der Waals surface area contributed by atoms with Crippen molar-refractivity contribution in [1.29, 1.82) is 0 Å². The third kappa shape index (κ3) is 2.77. The predicted octanol–water partition coefficient (Wildman–Crippen LogP) is 2.82. The van der Waals surface area contributed by atoms with Crippen LogP contribution >= 0.6 is 11.3 Å². The van der Waals surface area contributed by atoms with E-state index in [0.29, 0.717) is 16.7 Å². The number of carbonyl (C=O) groups excluding carboxylic acids is 1. The number of fused-ring (bicyclic) bond motifs is 3. The molecule has 24 heavy (non-hydrogen) atoms. The number of primary amides is 1. The van der Waals surface area contributed by atoms with Gasteiger partial charge in [-0.05, 0) is 60.7 Å². The molecule has 3 N–H and O–H groups in total. The first-order valence-electron chi connectivity index (χ1n) is 8.51. The fourth-order valence-electron chi connectivity index (χ4n) is 4.16. The Morgan fingerprint density at radius 3 is 2.71 bits per heavy atom. The van der Waals surface area contributed by atoms with Crippen molar-refractivity contribution in [2.45, 2.75) is 25.4 Å². The van der Waals surface area contributed by atoms with Gasteiger partial charge in [0.2, 0.25) is 0 Å². The molecule has 5 rings (SSSR count). The Kier molecular flexibility index (Phi) is 4.16. The zero-order chi connectivity index (χ0) is 16.7. The number of aliphatic hydroxyl groups is 1. The third-order valence-corrected chi connectivity index (χ3v) is 6.65. The number of aliphatic hydroxyl groups excluding tert-OH is 1. The highest BCUT2D eigenvalue weighted by Gasteiger charge is 2.37. The lowest BCUT2D eigenvalue weighted by atomic mass is 9.75. The second-order valence-electron chi connectivity index (χ2n) is 6.86. The largest absolute Gasteiger partial charge is 0.392 e. The van der Waals surface area contributed by atoms with Crippen LogP contribution in [-0.4, -0.2) is 35.5 Å². The number of piperidine rings is 3. The number of hydrogen-bond donors (Lipinski definition) is 2. The van der Waals surface area contributed by atoms with Gasteiger partial charge in [-0.1, -0.05) is 18.2 Å². The van der Waals surface area contributed by atoms with E-state index in [-0.39, 0.29) is 12.5 Å². The van der Waals surface area contributed by atoms with Crippen molar-refractivity contribution >= 4 is 17.2 Å². The zero-order valence-electron chi connectivity index (χ0n) is 13.6. The first-order chi connectivity index (χ1) is 11.7. The maximum absolute atomic E-state index is 12.0. The van der Waals surface area contributed by atoms with Crippen LogP contribution < -0.4 is 5.73 Å². The fraction of sp³-hybridized carbons (Fsp3) is 0.421. The molecule has 126 valence electrons. The van der Waals surface area contributed by atoms with E-state index in [1.807, 2.05) is 24.3 Å². The number of benzene rings is 1. The zero-order valence-corrected chi connectivity index (χ0v) is 14.4. The molecule has 3 fully saturated rings. The third-order valence-electron chi connectivity index (χ3n) is 5.43. The molecule has 5 heteroatoms. The van der Waals surface area contributed by atoms with Crippen molar-refractivity contribution < 1.29 is 9.90 Å². The molecule has 3 aliphatic heterocycles. The summed E-state index contributed by atoms with van der Waals surface area (Å²) in [5, 5.41) is 9.36. The number of nitrogens with two attached hydrogens (primary N) is 1. The summed E-state index contributed by atoms with van der Waals surface area (Å²) in [6.45, 7) is 3.43. The Balaban J connectivity index is 1.74. The van der Waals surface area contributed by atoms with Crippen molar-refractivity contribution in [3.63, 3.8) is 0 Å². The van der Waals surface area contributed by atoms with Crippen LogP contribution in [0.4, 0.5) is 0 Å². The smallest absolute Gasteiger partial charge is 0.259 e. The van der Waals surface area contributed by atoms with Crippen LogP contribution in [0.3, 0.4) is 0 Å². The molecular formula is C19H22N2O2S. The summed E-state index contributed by atoms with van der Waals surface area (Å²) < 4.78 is 0. The van der Waals surface area contributed by atoms with E-state index in [4.69, 9.17) is 5.73 Å². The topological polar surface area (TPSA) is 66.6 Å². The van der Waals surface area contributed by atoms with Crippen molar-refractivity contribution in [3.05, 3.63) is 46.3 Å². The highest BCUT2D eigenvalue weighted by molar-refractivity contribution is 7.17. The molecule has 3 saturated heterocycles. The lowest BCUT2D eigenvalue weighted by Crippen LogP contribution is -2.46. The molecule has 0 saturated carbocycles. The molecule has 1 amide bonds.